The minimum atomic E-state index is -3.53. The fourth-order valence-corrected chi connectivity index (χ4v) is 3.95. The molecule has 1 heterocycles. The number of amides is 1. The largest absolute Gasteiger partial charge is 0.462 e. The number of rotatable bonds is 5. The average Bonchev–Trinajstić information content (AvgIpc) is 2.87. The van der Waals surface area contributed by atoms with Crippen LogP contribution in [-0.4, -0.2) is 33.2 Å². The lowest BCUT2D eigenvalue weighted by Gasteiger charge is -2.07. The maximum absolute atomic E-state index is 12.4. The van der Waals surface area contributed by atoms with Crippen LogP contribution in [0.5, 0.6) is 0 Å². The average molecular weight is 367 g/mol. The second-order valence-corrected chi connectivity index (χ2v) is 8.10. The number of thiophene rings is 1. The van der Waals surface area contributed by atoms with Gasteiger partial charge in [-0.15, -0.1) is 11.3 Å². The van der Waals surface area contributed by atoms with E-state index in [-0.39, 0.29) is 17.1 Å². The molecular formula is C16H17NO5S2. The molecule has 1 amide bonds. The molecule has 6 nitrogen and oxygen atoms in total. The van der Waals surface area contributed by atoms with Crippen LogP contribution >= 0.6 is 11.3 Å². The van der Waals surface area contributed by atoms with Gasteiger partial charge >= 0.3 is 5.97 Å². The Morgan fingerprint density at radius 2 is 1.92 bits per heavy atom. The van der Waals surface area contributed by atoms with Crippen LogP contribution < -0.4 is 5.32 Å². The van der Waals surface area contributed by atoms with Crippen LogP contribution in [0, 0.1) is 6.92 Å². The van der Waals surface area contributed by atoms with Crippen molar-refractivity contribution in [2.24, 2.45) is 0 Å². The number of sulfone groups is 1. The van der Waals surface area contributed by atoms with E-state index in [1.807, 2.05) is 0 Å². The third-order valence-corrected chi connectivity index (χ3v) is 5.43. The highest BCUT2D eigenvalue weighted by molar-refractivity contribution is 7.90. The van der Waals surface area contributed by atoms with E-state index in [9.17, 15) is 18.0 Å². The second kappa shape index (κ2) is 7.14. The van der Waals surface area contributed by atoms with Crippen LogP contribution in [0.4, 0.5) is 5.00 Å². The summed E-state index contributed by atoms with van der Waals surface area (Å²) in [5, 5.41) is 3.08. The Morgan fingerprint density at radius 3 is 2.54 bits per heavy atom. The normalized spacial score (nSPS) is 11.1. The minimum Gasteiger partial charge on any atom is -0.462 e. The third kappa shape index (κ3) is 4.01. The van der Waals surface area contributed by atoms with Crippen molar-refractivity contribution in [3.63, 3.8) is 0 Å². The predicted molar refractivity (Wildman–Crippen MR) is 92.5 cm³/mol. The summed E-state index contributed by atoms with van der Waals surface area (Å²) in [5.74, 6) is -0.996. The molecule has 0 aliphatic rings. The maximum Gasteiger partial charge on any atom is 0.348 e. The Hall–Kier alpha value is -2.19. The molecule has 0 saturated carbocycles. The lowest BCUT2D eigenvalue weighted by Crippen LogP contribution is -2.15. The molecule has 0 aliphatic carbocycles. The molecule has 0 saturated heterocycles. The molecule has 0 spiro atoms. The topological polar surface area (TPSA) is 89.5 Å². The van der Waals surface area contributed by atoms with E-state index in [1.54, 1.807) is 32.0 Å². The lowest BCUT2D eigenvalue weighted by atomic mass is 10.2. The van der Waals surface area contributed by atoms with E-state index >= 15 is 0 Å². The molecule has 8 heteroatoms. The first-order chi connectivity index (χ1) is 11.2. The van der Waals surface area contributed by atoms with Crippen molar-refractivity contribution in [3.05, 3.63) is 46.3 Å². The summed E-state index contributed by atoms with van der Waals surface area (Å²) in [6, 6.07) is 7.62. The van der Waals surface area contributed by atoms with E-state index in [0.717, 1.165) is 17.6 Å². The second-order valence-electron chi connectivity index (χ2n) is 5.07. The summed E-state index contributed by atoms with van der Waals surface area (Å²) < 4.78 is 28.5. The summed E-state index contributed by atoms with van der Waals surface area (Å²) in [5.41, 5.74) is 0.744. The highest BCUT2D eigenvalue weighted by Crippen LogP contribution is 2.28. The number of anilines is 1. The molecule has 128 valence electrons. The van der Waals surface area contributed by atoms with Gasteiger partial charge in [0.15, 0.2) is 9.84 Å². The van der Waals surface area contributed by atoms with Crippen molar-refractivity contribution in [2.45, 2.75) is 18.7 Å². The molecule has 0 fully saturated rings. The summed E-state index contributed by atoms with van der Waals surface area (Å²) in [4.78, 5) is 24.6. The molecule has 0 radical (unpaired) electrons. The van der Waals surface area contributed by atoms with Crippen LogP contribution in [0.1, 0.15) is 32.5 Å². The van der Waals surface area contributed by atoms with Gasteiger partial charge in [-0.2, -0.15) is 0 Å². The van der Waals surface area contributed by atoms with E-state index < -0.39 is 21.7 Å². The smallest absolute Gasteiger partial charge is 0.348 e. The number of hydrogen-bond donors (Lipinski definition) is 1. The number of aryl methyl sites for hydroxylation is 1. The van der Waals surface area contributed by atoms with Crippen LogP contribution in [0.3, 0.4) is 0 Å². The first-order valence-corrected chi connectivity index (χ1v) is 9.82. The van der Waals surface area contributed by atoms with Crippen LogP contribution in [0.25, 0.3) is 0 Å². The number of esters is 1. The number of nitrogens with one attached hydrogen (secondary N) is 1. The molecule has 2 rings (SSSR count). The Balaban J connectivity index is 2.29. The Morgan fingerprint density at radius 1 is 1.25 bits per heavy atom. The van der Waals surface area contributed by atoms with Crippen molar-refractivity contribution < 1.29 is 22.7 Å². The zero-order valence-corrected chi connectivity index (χ0v) is 15.1. The molecule has 0 bridgehead atoms. The van der Waals surface area contributed by atoms with Gasteiger partial charge in [0.25, 0.3) is 5.91 Å². The highest BCUT2D eigenvalue weighted by atomic mass is 32.2. The van der Waals surface area contributed by atoms with Crippen LogP contribution in [0.15, 0.2) is 35.2 Å². The first kappa shape index (κ1) is 18.2. The number of benzene rings is 1. The SMILES string of the molecule is CCOC(=O)c1sc(NC(=O)c2ccccc2S(C)(=O)=O)cc1C. The van der Waals surface area contributed by atoms with E-state index in [4.69, 9.17) is 4.74 Å². The first-order valence-electron chi connectivity index (χ1n) is 7.12. The summed E-state index contributed by atoms with van der Waals surface area (Å²) in [7, 11) is -3.53. The van der Waals surface area contributed by atoms with E-state index in [1.165, 1.54) is 12.1 Å². The number of hydrogen-bond acceptors (Lipinski definition) is 6. The molecule has 1 N–H and O–H groups in total. The maximum atomic E-state index is 12.4. The highest BCUT2D eigenvalue weighted by Gasteiger charge is 2.20. The van der Waals surface area contributed by atoms with Crippen molar-refractivity contribution in [2.75, 3.05) is 18.2 Å². The molecule has 1 aromatic carbocycles. The zero-order valence-electron chi connectivity index (χ0n) is 13.5. The van der Waals surface area contributed by atoms with Crippen LogP contribution in [-0.2, 0) is 14.6 Å². The van der Waals surface area contributed by atoms with E-state index in [0.29, 0.717) is 15.4 Å². The van der Waals surface area contributed by atoms with Crippen molar-refractivity contribution in [1.29, 1.82) is 0 Å². The van der Waals surface area contributed by atoms with Crippen molar-refractivity contribution in [3.8, 4) is 0 Å². The Bertz CT molecular complexity index is 884. The van der Waals surface area contributed by atoms with Gasteiger partial charge in [0, 0.05) is 6.26 Å². The number of carbonyl (C=O) groups excluding carboxylic acids is 2. The molecule has 2 aromatic rings. The van der Waals surface area contributed by atoms with Gasteiger partial charge in [0.1, 0.15) is 4.88 Å². The minimum absolute atomic E-state index is 0.0404. The van der Waals surface area contributed by atoms with E-state index in [2.05, 4.69) is 5.32 Å². The van der Waals surface area contributed by atoms with Gasteiger partial charge in [-0.25, -0.2) is 13.2 Å². The van der Waals surface area contributed by atoms with Gasteiger partial charge in [0.05, 0.1) is 22.1 Å². The van der Waals surface area contributed by atoms with Gasteiger partial charge in [-0.1, -0.05) is 12.1 Å². The van der Waals surface area contributed by atoms with Gasteiger partial charge < -0.3 is 10.1 Å². The summed E-state index contributed by atoms with van der Waals surface area (Å²) in [6.07, 6.45) is 1.05. The number of carbonyl (C=O) groups is 2. The third-order valence-electron chi connectivity index (χ3n) is 3.15. The molecule has 0 aliphatic heterocycles. The zero-order chi connectivity index (χ0) is 17.9. The summed E-state index contributed by atoms with van der Waals surface area (Å²) >= 11 is 1.09. The van der Waals surface area contributed by atoms with Gasteiger partial charge in [-0.05, 0) is 37.6 Å². The number of ether oxygens (including phenoxy) is 1. The fraction of sp³-hybridized carbons (Fsp3) is 0.250. The molecule has 0 unspecified atom stereocenters. The standard InChI is InChI=1S/C16H17NO5S2/c1-4-22-16(19)14-10(2)9-13(23-14)17-15(18)11-7-5-6-8-12(11)24(3,20)21/h5-9H,4H2,1-3H3,(H,17,18). The predicted octanol–water partition coefficient (Wildman–Crippen LogP) is 2.89. The van der Waals surface area contributed by atoms with Crippen molar-refractivity contribution in [1.82, 2.24) is 0 Å². The Labute approximate surface area is 144 Å². The quantitative estimate of drug-likeness (QED) is 0.821. The lowest BCUT2D eigenvalue weighted by molar-refractivity contribution is 0.0531. The van der Waals surface area contributed by atoms with Crippen molar-refractivity contribution >= 4 is 38.1 Å². The fourth-order valence-electron chi connectivity index (χ4n) is 2.10. The monoisotopic (exact) mass is 367 g/mol. The molecule has 0 atom stereocenters. The molecule has 24 heavy (non-hydrogen) atoms. The Kier molecular flexibility index (Phi) is 5.40. The van der Waals surface area contributed by atoms with Crippen LogP contribution in [0.2, 0.25) is 0 Å². The molecule has 1 aromatic heterocycles. The van der Waals surface area contributed by atoms with Gasteiger partial charge in [-0.3, -0.25) is 4.79 Å². The summed E-state index contributed by atoms with van der Waals surface area (Å²) in [6.45, 7) is 3.72. The van der Waals surface area contributed by atoms with Gasteiger partial charge in [0.2, 0.25) is 0 Å². The molecular weight excluding hydrogens is 350 g/mol.